The van der Waals surface area contributed by atoms with Crippen LogP contribution >= 0.6 is 0 Å². The summed E-state index contributed by atoms with van der Waals surface area (Å²) >= 11 is 0. The number of ether oxygens (including phenoxy) is 1. The molecule has 1 aliphatic rings. The number of pyridine rings is 1. The van der Waals surface area contributed by atoms with Gasteiger partial charge >= 0.3 is 0 Å². The molecule has 1 aromatic heterocycles. The zero-order valence-corrected chi connectivity index (χ0v) is 7.79. The van der Waals surface area contributed by atoms with Crippen LogP contribution in [0.4, 0.5) is 0 Å². The predicted octanol–water partition coefficient (Wildman–Crippen LogP) is 1.43. The lowest BCUT2D eigenvalue weighted by Crippen LogP contribution is -2.44. The Kier molecular flexibility index (Phi) is 1.96. The molecule has 0 spiro atoms. The normalized spacial score (nSPS) is 19.2. The maximum Gasteiger partial charge on any atom is 0.142 e. The van der Waals surface area contributed by atoms with Crippen LogP contribution in [-0.2, 0) is 5.54 Å². The van der Waals surface area contributed by atoms with Crippen molar-refractivity contribution in [3.8, 4) is 5.75 Å². The molecule has 1 heterocycles. The number of rotatable bonds is 2. The summed E-state index contributed by atoms with van der Waals surface area (Å²) in [4.78, 5) is 4.29. The van der Waals surface area contributed by atoms with Crippen molar-refractivity contribution in [2.75, 3.05) is 7.11 Å². The monoisotopic (exact) mass is 178 g/mol. The first-order valence-corrected chi connectivity index (χ1v) is 4.55. The molecule has 2 rings (SSSR count). The van der Waals surface area contributed by atoms with Crippen molar-refractivity contribution in [3.05, 3.63) is 24.0 Å². The standard InChI is InChI=1S/C10H14N2O/c1-13-8-4-2-7-12-9(8)10(11)5-3-6-10/h2,4,7H,3,5-6,11H2,1H3. The highest BCUT2D eigenvalue weighted by molar-refractivity contribution is 5.34. The molecule has 1 aromatic rings. The van der Waals surface area contributed by atoms with Crippen LogP contribution in [0, 0.1) is 0 Å². The van der Waals surface area contributed by atoms with Crippen LogP contribution in [0.15, 0.2) is 18.3 Å². The molecule has 3 heteroatoms. The van der Waals surface area contributed by atoms with Crippen molar-refractivity contribution < 1.29 is 4.74 Å². The third kappa shape index (κ3) is 1.29. The first kappa shape index (κ1) is 8.51. The number of hydrogen-bond donors (Lipinski definition) is 1. The molecule has 0 aromatic carbocycles. The van der Waals surface area contributed by atoms with E-state index in [-0.39, 0.29) is 5.54 Å². The van der Waals surface area contributed by atoms with Crippen LogP contribution in [0.1, 0.15) is 25.0 Å². The van der Waals surface area contributed by atoms with Crippen LogP contribution in [0.5, 0.6) is 5.75 Å². The summed E-state index contributed by atoms with van der Waals surface area (Å²) < 4.78 is 5.22. The van der Waals surface area contributed by atoms with E-state index in [2.05, 4.69) is 4.98 Å². The van der Waals surface area contributed by atoms with E-state index in [1.165, 1.54) is 6.42 Å². The molecule has 2 N–H and O–H groups in total. The quantitative estimate of drug-likeness (QED) is 0.745. The SMILES string of the molecule is COc1cccnc1C1(N)CCC1. The first-order chi connectivity index (χ1) is 6.26. The molecule has 0 saturated heterocycles. The summed E-state index contributed by atoms with van der Waals surface area (Å²) in [6.07, 6.45) is 4.99. The Balaban J connectivity index is 2.38. The van der Waals surface area contributed by atoms with Crippen molar-refractivity contribution in [1.29, 1.82) is 0 Å². The molecule has 70 valence electrons. The third-order valence-electron chi connectivity index (χ3n) is 2.71. The van der Waals surface area contributed by atoms with Gasteiger partial charge in [0, 0.05) is 6.20 Å². The lowest BCUT2D eigenvalue weighted by Gasteiger charge is -2.37. The topological polar surface area (TPSA) is 48.1 Å². The van der Waals surface area contributed by atoms with E-state index in [9.17, 15) is 0 Å². The van der Waals surface area contributed by atoms with E-state index < -0.39 is 0 Å². The van der Waals surface area contributed by atoms with E-state index in [1.54, 1.807) is 13.3 Å². The van der Waals surface area contributed by atoms with E-state index >= 15 is 0 Å². The molecular weight excluding hydrogens is 164 g/mol. The molecule has 0 atom stereocenters. The van der Waals surface area contributed by atoms with Crippen LogP contribution in [0.25, 0.3) is 0 Å². The van der Waals surface area contributed by atoms with Gasteiger partial charge in [0.15, 0.2) is 0 Å². The molecule has 1 saturated carbocycles. The Morgan fingerprint density at radius 2 is 2.31 bits per heavy atom. The predicted molar refractivity (Wildman–Crippen MR) is 50.5 cm³/mol. The first-order valence-electron chi connectivity index (χ1n) is 4.55. The number of aromatic nitrogens is 1. The van der Waals surface area contributed by atoms with E-state index in [0.29, 0.717) is 0 Å². The van der Waals surface area contributed by atoms with Gasteiger partial charge < -0.3 is 10.5 Å². The minimum atomic E-state index is -0.230. The van der Waals surface area contributed by atoms with Gasteiger partial charge in [0.1, 0.15) is 11.4 Å². The summed E-state index contributed by atoms with van der Waals surface area (Å²) in [5.74, 6) is 0.810. The summed E-state index contributed by atoms with van der Waals surface area (Å²) in [5.41, 5.74) is 6.83. The third-order valence-corrected chi connectivity index (χ3v) is 2.71. The van der Waals surface area contributed by atoms with Crippen molar-refractivity contribution in [3.63, 3.8) is 0 Å². The lowest BCUT2D eigenvalue weighted by molar-refractivity contribution is 0.236. The zero-order chi connectivity index (χ0) is 9.31. The smallest absolute Gasteiger partial charge is 0.142 e. The molecule has 0 bridgehead atoms. The van der Waals surface area contributed by atoms with Gasteiger partial charge in [0.2, 0.25) is 0 Å². The second-order valence-electron chi connectivity index (χ2n) is 3.56. The molecule has 1 aliphatic carbocycles. The summed E-state index contributed by atoms with van der Waals surface area (Å²) in [6, 6.07) is 3.78. The van der Waals surface area contributed by atoms with Gasteiger partial charge in [0.05, 0.1) is 12.6 Å². The molecule has 0 radical (unpaired) electrons. The minimum absolute atomic E-state index is 0.230. The van der Waals surface area contributed by atoms with Crippen molar-refractivity contribution in [2.45, 2.75) is 24.8 Å². The van der Waals surface area contributed by atoms with Crippen molar-refractivity contribution in [1.82, 2.24) is 4.98 Å². The van der Waals surface area contributed by atoms with Crippen LogP contribution < -0.4 is 10.5 Å². The van der Waals surface area contributed by atoms with Crippen molar-refractivity contribution in [2.24, 2.45) is 5.73 Å². The Morgan fingerprint density at radius 1 is 1.54 bits per heavy atom. The average molecular weight is 178 g/mol. The Labute approximate surface area is 77.9 Å². The number of hydrogen-bond acceptors (Lipinski definition) is 3. The largest absolute Gasteiger partial charge is 0.495 e. The van der Waals surface area contributed by atoms with Gasteiger partial charge in [-0.1, -0.05) is 0 Å². The second kappa shape index (κ2) is 3.00. The molecular formula is C10H14N2O. The Bertz CT molecular complexity index is 308. The summed E-state index contributed by atoms with van der Waals surface area (Å²) in [6.45, 7) is 0. The minimum Gasteiger partial charge on any atom is -0.495 e. The van der Waals surface area contributed by atoms with Gasteiger partial charge in [-0.25, -0.2) is 0 Å². The fourth-order valence-electron chi connectivity index (χ4n) is 1.72. The highest BCUT2D eigenvalue weighted by Crippen LogP contribution is 2.41. The van der Waals surface area contributed by atoms with Crippen LogP contribution in [-0.4, -0.2) is 12.1 Å². The van der Waals surface area contributed by atoms with Gasteiger partial charge in [-0.15, -0.1) is 0 Å². The number of nitrogens with zero attached hydrogens (tertiary/aromatic N) is 1. The van der Waals surface area contributed by atoms with Crippen molar-refractivity contribution >= 4 is 0 Å². The van der Waals surface area contributed by atoms with E-state index in [0.717, 1.165) is 24.3 Å². The van der Waals surface area contributed by atoms with E-state index in [4.69, 9.17) is 10.5 Å². The summed E-state index contributed by atoms with van der Waals surface area (Å²) in [7, 11) is 1.66. The highest BCUT2D eigenvalue weighted by Gasteiger charge is 2.37. The average Bonchev–Trinajstić information content (AvgIpc) is 2.14. The Morgan fingerprint density at radius 3 is 2.85 bits per heavy atom. The Hall–Kier alpha value is -1.09. The maximum absolute atomic E-state index is 6.16. The van der Waals surface area contributed by atoms with Crippen LogP contribution in [0.2, 0.25) is 0 Å². The zero-order valence-electron chi connectivity index (χ0n) is 7.79. The maximum atomic E-state index is 6.16. The number of methoxy groups -OCH3 is 1. The fourth-order valence-corrected chi connectivity index (χ4v) is 1.72. The number of nitrogens with two attached hydrogens (primary N) is 1. The van der Waals surface area contributed by atoms with Gasteiger partial charge in [0.25, 0.3) is 0 Å². The molecule has 13 heavy (non-hydrogen) atoms. The second-order valence-corrected chi connectivity index (χ2v) is 3.56. The molecule has 3 nitrogen and oxygen atoms in total. The molecule has 1 fully saturated rings. The summed E-state index contributed by atoms with van der Waals surface area (Å²) in [5, 5.41) is 0. The molecule has 0 unspecified atom stereocenters. The fraction of sp³-hybridized carbons (Fsp3) is 0.500. The van der Waals surface area contributed by atoms with Crippen LogP contribution in [0.3, 0.4) is 0 Å². The lowest BCUT2D eigenvalue weighted by atomic mass is 9.75. The van der Waals surface area contributed by atoms with E-state index in [1.807, 2.05) is 12.1 Å². The van der Waals surface area contributed by atoms with Gasteiger partial charge in [-0.05, 0) is 31.4 Å². The van der Waals surface area contributed by atoms with Gasteiger partial charge in [-0.3, -0.25) is 4.98 Å². The molecule has 0 amide bonds. The molecule has 0 aliphatic heterocycles. The van der Waals surface area contributed by atoms with Gasteiger partial charge in [-0.2, -0.15) is 0 Å². The highest BCUT2D eigenvalue weighted by atomic mass is 16.5.